The number of nitrogens with one attached hydrogen (secondary N) is 1. The predicted octanol–water partition coefficient (Wildman–Crippen LogP) is 0.122. The van der Waals surface area contributed by atoms with Crippen LogP contribution in [0.3, 0.4) is 0 Å². The van der Waals surface area contributed by atoms with Crippen LogP contribution >= 0.6 is 0 Å². The molecule has 1 amide bonds. The Bertz CT molecular complexity index is 406. The SMILES string of the molecule is CCC1(C)NCN(C2CCS(=O)(=O)CC2)C1=O. The van der Waals surface area contributed by atoms with Gasteiger partial charge < -0.3 is 4.90 Å². The first-order valence-electron chi connectivity index (χ1n) is 6.14. The van der Waals surface area contributed by atoms with Crippen LogP contribution in [-0.4, -0.2) is 49.0 Å². The van der Waals surface area contributed by atoms with E-state index in [4.69, 9.17) is 0 Å². The molecule has 6 heteroatoms. The van der Waals surface area contributed by atoms with E-state index in [0.29, 0.717) is 19.5 Å². The summed E-state index contributed by atoms with van der Waals surface area (Å²) < 4.78 is 22.7. The van der Waals surface area contributed by atoms with Crippen LogP contribution in [0.4, 0.5) is 0 Å². The molecule has 0 aromatic heterocycles. The standard InChI is InChI=1S/C11H20N2O3S/c1-3-11(2)10(14)13(8-12-11)9-4-6-17(15,16)7-5-9/h9,12H,3-8H2,1-2H3. The van der Waals surface area contributed by atoms with Crippen molar-refractivity contribution in [2.24, 2.45) is 0 Å². The molecule has 2 rings (SSSR count). The Morgan fingerprint density at radius 3 is 2.47 bits per heavy atom. The van der Waals surface area contributed by atoms with Gasteiger partial charge in [0.05, 0.1) is 23.7 Å². The fourth-order valence-corrected chi connectivity index (χ4v) is 3.95. The smallest absolute Gasteiger partial charge is 0.243 e. The van der Waals surface area contributed by atoms with Gasteiger partial charge in [0, 0.05) is 6.04 Å². The molecule has 0 radical (unpaired) electrons. The maximum Gasteiger partial charge on any atom is 0.243 e. The second kappa shape index (κ2) is 4.24. The van der Waals surface area contributed by atoms with E-state index in [1.54, 1.807) is 0 Å². The minimum atomic E-state index is -2.86. The molecule has 2 saturated heterocycles. The zero-order valence-corrected chi connectivity index (χ0v) is 11.2. The quantitative estimate of drug-likeness (QED) is 0.766. The third-order valence-electron chi connectivity index (χ3n) is 4.04. The lowest BCUT2D eigenvalue weighted by molar-refractivity contribution is -0.134. The molecule has 2 heterocycles. The number of amides is 1. The van der Waals surface area contributed by atoms with Gasteiger partial charge in [0.2, 0.25) is 5.91 Å². The number of hydrogen-bond acceptors (Lipinski definition) is 4. The number of hydrogen-bond donors (Lipinski definition) is 1. The van der Waals surface area contributed by atoms with Crippen LogP contribution in [0.2, 0.25) is 0 Å². The molecule has 1 atom stereocenters. The van der Waals surface area contributed by atoms with Crippen molar-refractivity contribution in [3.05, 3.63) is 0 Å². The molecule has 98 valence electrons. The Hall–Kier alpha value is -0.620. The van der Waals surface area contributed by atoms with Crippen LogP contribution < -0.4 is 5.32 Å². The minimum Gasteiger partial charge on any atom is -0.325 e. The van der Waals surface area contributed by atoms with Crippen LogP contribution in [0.1, 0.15) is 33.1 Å². The van der Waals surface area contributed by atoms with Crippen molar-refractivity contribution >= 4 is 15.7 Å². The van der Waals surface area contributed by atoms with Crippen LogP contribution in [0.15, 0.2) is 0 Å². The third-order valence-corrected chi connectivity index (χ3v) is 5.76. The number of carbonyl (C=O) groups is 1. The van der Waals surface area contributed by atoms with Gasteiger partial charge in [-0.05, 0) is 26.2 Å². The predicted molar refractivity (Wildman–Crippen MR) is 65.2 cm³/mol. The molecule has 5 nitrogen and oxygen atoms in total. The van der Waals surface area contributed by atoms with E-state index in [1.807, 2.05) is 18.7 Å². The molecule has 1 unspecified atom stereocenters. The van der Waals surface area contributed by atoms with Crippen molar-refractivity contribution in [3.8, 4) is 0 Å². The molecule has 0 aromatic carbocycles. The van der Waals surface area contributed by atoms with Crippen molar-refractivity contribution in [2.75, 3.05) is 18.2 Å². The topological polar surface area (TPSA) is 66.5 Å². The van der Waals surface area contributed by atoms with E-state index in [0.717, 1.165) is 6.42 Å². The lowest BCUT2D eigenvalue weighted by atomic mass is 9.98. The number of sulfone groups is 1. The summed E-state index contributed by atoms with van der Waals surface area (Å²) in [6, 6.07) is 0.0897. The first-order chi connectivity index (χ1) is 7.88. The first kappa shape index (κ1) is 12.8. The summed E-state index contributed by atoms with van der Waals surface area (Å²) in [4.78, 5) is 14.1. The molecule has 0 aliphatic carbocycles. The fraction of sp³-hybridized carbons (Fsp3) is 0.909. The lowest BCUT2D eigenvalue weighted by Crippen LogP contribution is -2.46. The molecule has 17 heavy (non-hydrogen) atoms. The van der Waals surface area contributed by atoms with Crippen LogP contribution in [0.25, 0.3) is 0 Å². The van der Waals surface area contributed by atoms with E-state index in [1.165, 1.54) is 0 Å². The van der Waals surface area contributed by atoms with Crippen LogP contribution in [-0.2, 0) is 14.6 Å². The molecule has 2 aliphatic heterocycles. The molecule has 2 fully saturated rings. The zero-order chi connectivity index (χ0) is 12.7. The number of rotatable bonds is 2. The second-order valence-corrected chi connectivity index (χ2v) is 7.48. The highest BCUT2D eigenvalue weighted by atomic mass is 32.2. The molecule has 0 saturated carbocycles. The van der Waals surface area contributed by atoms with E-state index >= 15 is 0 Å². The number of carbonyl (C=O) groups excluding carboxylic acids is 1. The highest BCUT2D eigenvalue weighted by Gasteiger charge is 2.44. The van der Waals surface area contributed by atoms with Crippen LogP contribution in [0.5, 0.6) is 0 Å². The summed E-state index contributed by atoms with van der Waals surface area (Å²) in [5, 5.41) is 3.23. The summed E-state index contributed by atoms with van der Waals surface area (Å²) in [7, 11) is -2.86. The normalized spacial score (nSPS) is 34.2. The number of nitrogens with zero attached hydrogens (tertiary/aromatic N) is 1. The summed E-state index contributed by atoms with van der Waals surface area (Å²) in [5.41, 5.74) is -0.462. The van der Waals surface area contributed by atoms with E-state index < -0.39 is 15.4 Å². The van der Waals surface area contributed by atoms with E-state index in [2.05, 4.69) is 5.32 Å². The molecule has 2 aliphatic rings. The monoisotopic (exact) mass is 260 g/mol. The van der Waals surface area contributed by atoms with E-state index in [-0.39, 0.29) is 23.5 Å². The van der Waals surface area contributed by atoms with E-state index in [9.17, 15) is 13.2 Å². The maximum absolute atomic E-state index is 12.2. The maximum atomic E-state index is 12.2. The van der Waals surface area contributed by atoms with Gasteiger partial charge in [0.15, 0.2) is 0 Å². The van der Waals surface area contributed by atoms with Crippen molar-refractivity contribution in [1.29, 1.82) is 0 Å². The molecule has 1 N–H and O–H groups in total. The fourth-order valence-electron chi connectivity index (χ4n) is 2.48. The summed E-state index contributed by atoms with van der Waals surface area (Å²) >= 11 is 0. The molecule has 0 aromatic rings. The summed E-state index contributed by atoms with van der Waals surface area (Å²) in [6.45, 7) is 4.45. The van der Waals surface area contributed by atoms with Crippen molar-refractivity contribution < 1.29 is 13.2 Å². The van der Waals surface area contributed by atoms with Crippen molar-refractivity contribution in [3.63, 3.8) is 0 Å². The lowest BCUT2D eigenvalue weighted by Gasteiger charge is -2.31. The van der Waals surface area contributed by atoms with Crippen LogP contribution in [0, 0.1) is 0 Å². The van der Waals surface area contributed by atoms with Gasteiger partial charge in [-0.1, -0.05) is 6.92 Å². The molecule has 0 spiro atoms. The first-order valence-corrected chi connectivity index (χ1v) is 7.96. The van der Waals surface area contributed by atoms with Gasteiger partial charge in [-0.15, -0.1) is 0 Å². The molecular formula is C11H20N2O3S. The summed E-state index contributed by atoms with van der Waals surface area (Å²) in [6.07, 6.45) is 1.92. The molecular weight excluding hydrogens is 240 g/mol. The van der Waals surface area contributed by atoms with Gasteiger partial charge in [0.25, 0.3) is 0 Å². The van der Waals surface area contributed by atoms with Gasteiger partial charge in [0.1, 0.15) is 9.84 Å². The van der Waals surface area contributed by atoms with Gasteiger partial charge in [-0.2, -0.15) is 0 Å². The average molecular weight is 260 g/mol. The Morgan fingerprint density at radius 2 is 2.00 bits per heavy atom. The summed E-state index contributed by atoms with van der Waals surface area (Å²) in [5.74, 6) is 0.540. The van der Waals surface area contributed by atoms with Gasteiger partial charge >= 0.3 is 0 Å². The Balaban J connectivity index is 2.04. The minimum absolute atomic E-state index is 0.0897. The highest BCUT2D eigenvalue weighted by Crippen LogP contribution is 2.26. The largest absolute Gasteiger partial charge is 0.325 e. The zero-order valence-electron chi connectivity index (χ0n) is 10.4. The Morgan fingerprint density at radius 1 is 1.41 bits per heavy atom. The van der Waals surface area contributed by atoms with Gasteiger partial charge in [-0.25, -0.2) is 8.42 Å². The Labute approximate surface area is 102 Å². The average Bonchev–Trinajstić information content (AvgIpc) is 2.58. The third kappa shape index (κ3) is 2.33. The Kier molecular flexibility index (Phi) is 3.20. The van der Waals surface area contributed by atoms with Gasteiger partial charge in [-0.3, -0.25) is 10.1 Å². The highest BCUT2D eigenvalue weighted by molar-refractivity contribution is 7.91. The molecule has 0 bridgehead atoms. The van der Waals surface area contributed by atoms with Crippen molar-refractivity contribution in [2.45, 2.75) is 44.7 Å². The second-order valence-electron chi connectivity index (χ2n) is 5.18. The van der Waals surface area contributed by atoms with Crippen molar-refractivity contribution in [1.82, 2.24) is 10.2 Å².